The van der Waals surface area contributed by atoms with Crippen LogP contribution in [0, 0.1) is 35.5 Å². The van der Waals surface area contributed by atoms with Crippen LogP contribution in [0.5, 0.6) is 0 Å². The van der Waals surface area contributed by atoms with Gasteiger partial charge in [0.25, 0.3) is 0 Å². The van der Waals surface area contributed by atoms with Gasteiger partial charge in [-0.15, -0.1) is 6.58 Å². The minimum atomic E-state index is -0.661. The number of allylic oxidation sites excluding steroid dienone is 3. The number of hydrogen-bond acceptors (Lipinski definition) is 0. The van der Waals surface area contributed by atoms with Gasteiger partial charge in [-0.1, -0.05) is 18.9 Å². The topological polar surface area (TPSA) is 0 Å². The molecule has 0 heterocycles. The van der Waals surface area contributed by atoms with E-state index in [4.69, 9.17) is 0 Å². The van der Waals surface area contributed by atoms with E-state index in [1.54, 1.807) is 0 Å². The predicted octanol–water partition coefficient (Wildman–Crippen LogP) is 8.19. The number of alkyl halides is 1. The van der Waals surface area contributed by atoms with Gasteiger partial charge in [0.1, 0.15) is 12.5 Å². The molecule has 3 aliphatic carbocycles. The average Bonchev–Trinajstić information content (AvgIpc) is 2.73. The summed E-state index contributed by atoms with van der Waals surface area (Å²) in [6, 6.07) is 0. The minimum absolute atomic E-state index is 0.00427. The lowest BCUT2D eigenvalue weighted by Crippen LogP contribution is -2.29. The van der Waals surface area contributed by atoms with Crippen molar-refractivity contribution >= 4 is 0 Å². The Labute approximate surface area is 165 Å². The van der Waals surface area contributed by atoms with E-state index >= 15 is 0 Å². The van der Waals surface area contributed by atoms with Gasteiger partial charge in [-0.05, 0) is 113 Å². The molecule has 0 aromatic carbocycles. The fourth-order valence-electron chi connectivity index (χ4n) is 6.50. The number of rotatable bonds is 7. The summed E-state index contributed by atoms with van der Waals surface area (Å²) in [5.74, 6) is 4.41. The van der Waals surface area contributed by atoms with E-state index < -0.39 is 6.67 Å². The lowest BCUT2D eigenvalue weighted by atomic mass is 9.65. The zero-order valence-corrected chi connectivity index (χ0v) is 17.2. The third-order valence-electron chi connectivity index (χ3n) is 8.25. The van der Waals surface area contributed by atoms with E-state index in [0.717, 1.165) is 61.3 Å². The molecule has 154 valence electrons. The SMILES string of the molecule is C=CCCC1CCC(C2CCC(C3CCC(/C(F)=C/CF)CC3)CC2)CC1. The molecule has 27 heavy (non-hydrogen) atoms. The Morgan fingerprint density at radius 3 is 1.63 bits per heavy atom. The highest BCUT2D eigenvalue weighted by Crippen LogP contribution is 2.46. The first kappa shape index (κ1) is 21.1. The Bertz CT molecular complexity index is 459. The van der Waals surface area contributed by atoms with E-state index in [-0.39, 0.29) is 11.7 Å². The van der Waals surface area contributed by atoms with Crippen LogP contribution in [0.4, 0.5) is 8.78 Å². The molecule has 2 heteroatoms. The maximum atomic E-state index is 13.8. The van der Waals surface area contributed by atoms with Crippen molar-refractivity contribution in [2.24, 2.45) is 35.5 Å². The summed E-state index contributed by atoms with van der Waals surface area (Å²) in [5, 5.41) is 0. The summed E-state index contributed by atoms with van der Waals surface area (Å²) in [6.45, 7) is 3.20. The third kappa shape index (κ3) is 5.91. The van der Waals surface area contributed by atoms with Gasteiger partial charge < -0.3 is 0 Å². The van der Waals surface area contributed by atoms with Crippen molar-refractivity contribution in [3.05, 3.63) is 24.6 Å². The molecule has 0 atom stereocenters. The molecule has 0 aromatic rings. The minimum Gasteiger partial charge on any atom is -0.246 e. The van der Waals surface area contributed by atoms with E-state index in [1.165, 1.54) is 64.2 Å². The molecule has 0 nitrogen and oxygen atoms in total. The molecule has 0 N–H and O–H groups in total. The van der Waals surface area contributed by atoms with Gasteiger partial charge in [0.2, 0.25) is 0 Å². The van der Waals surface area contributed by atoms with Gasteiger partial charge in [-0.25, -0.2) is 8.78 Å². The van der Waals surface area contributed by atoms with Gasteiger partial charge in [-0.2, -0.15) is 0 Å². The van der Waals surface area contributed by atoms with E-state index in [1.807, 2.05) is 0 Å². The zero-order chi connectivity index (χ0) is 19.1. The normalized spacial score (nSPS) is 38.5. The summed E-state index contributed by atoms with van der Waals surface area (Å²) < 4.78 is 26.1. The first-order chi connectivity index (χ1) is 13.2. The summed E-state index contributed by atoms with van der Waals surface area (Å²) in [6.07, 6.45) is 21.4. The summed E-state index contributed by atoms with van der Waals surface area (Å²) >= 11 is 0. The van der Waals surface area contributed by atoms with Crippen LogP contribution in [0.15, 0.2) is 24.6 Å². The van der Waals surface area contributed by atoms with Crippen LogP contribution in [0.25, 0.3) is 0 Å². The van der Waals surface area contributed by atoms with Crippen LogP contribution in [-0.4, -0.2) is 6.67 Å². The second-order valence-corrected chi connectivity index (χ2v) is 9.68. The van der Waals surface area contributed by atoms with Crippen LogP contribution < -0.4 is 0 Å². The van der Waals surface area contributed by atoms with Crippen LogP contribution in [0.3, 0.4) is 0 Å². The van der Waals surface area contributed by atoms with Crippen LogP contribution in [0.1, 0.15) is 89.9 Å². The molecular formula is C25H40F2. The average molecular weight is 379 g/mol. The highest BCUT2D eigenvalue weighted by molar-refractivity contribution is 5.00. The molecule has 0 aliphatic heterocycles. The largest absolute Gasteiger partial charge is 0.246 e. The molecule has 3 rings (SSSR count). The first-order valence-electron chi connectivity index (χ1n) is 11.7. The molecule has 3 aliphatic rings. The Balaban J connectivity index is 1.36. The van der Waals surface area contributed by atoms with Crippen molar-refractivity contribution in [1.29, 1.82) is 0 Å². The predicted molar refractivity (Wildman–Crippen MR) is 111 cm³/mol. The molecule has 0 saturated heterocycles. The quantitative estimate of drug-likeness (QED) is 0.392. The van der Waals surface area contributed by atoms with E-state index in [0.29, 0.717) is 0 Å². The van der Waals surface area contributed by atoms with E-state index in [2.05, 4.69) is 12.7 Å². The molecule has 0 amide bonds. The standard InChI is InChI=1S/C25H40F2/c1-2-3-4-19-5-7-20(8-6-19)21-9-11-22(12-10-21)23-13-15-24(16-14-23)25(27)17-18-26/h2,17,19-24H,1,3-16,18H2/b25-17-. The van der Waals surface area contributed by atoms with Crippen LogP contribution in [0.2, 0.25) is 0 Å². The van der Waals surface area contributed by atoms with Crippen molar-refractivity contribution in [2.75, 3.05) is 6.67 Å². The van der Waals surface area contributed by atoms with Crippen LogP contribution >= 0.6 is 0 Å². The summed E-state index contributed by atoms with van der Waals surface area (Å²) in [7, 11) is 0. The van der Waals surface area contributed by atoms with Gasteiger partial charge in [0, 0.05) is 5.92 Å². The van der Waals surface area contributed by atoms with E-state index in [9.17, 15) is 8.78 Å². The highest BCUT2D eigenvalue weighted by Gasteiger charge is 2.35. The first-order valence-corrected chi connectivity index (χ1v) is 11.7. The van der Waals surface area contributed by atoms with Crippen molar-refractivity contribution < 1.29 is 8.78 Å². The summed E-state index contributed by atoms with van der Waals surface area (Å²) in [5.41, 5.74) is 0. The molecule has 3 saturated carbocycles. The smallest absolute Gasteiger partial charge is 0.110 e. The number of halogens is 2. The monoisotopic (exact) mass is 378 g/mol. The molecule has 0 unspecified atom stereocenters. The molecule has 0 spiro atoms. The Hall–Kier alpha value is -0.660. The molecular weight excluding hydrogens is 338 g/mol. The maximum Gasteiger partial charge on any atom is 0.110 e. The fraction of sp³-hybridized carbons (Fsp3) is 0.840. The Morgan fingerprint density at radius 2 is 1.19 bits per heavy atom. The van der Waals surface area contributed by atoms with Gasteiger partial charge in [0.15, 0.2) is 0 Å². The second-order valence-electron chi connectivity index (χ2n) is 9.68. The lowest BCUT2D eigenvalue weighted by molar-refractivity contribution is 0.105. The maximum absolute atomic E-state index is 13.8. The highest BCUT2D eigenvalue weighted by atomic mass is 19.1. The molecule has 0 bridgehead atoms. The zero-order valence-electron chi connectivity index (χ0n) is 17.2. The van der Waals surface area contributed by atoms with Crippen molar-refractivity contribution in [1.82, 2.24) is 0 Å². The van der Waals surface area contributed by atoms with Crippen molar-refractivity contribution in [2.45, 2.75) is 89.9 Å². The third-order valence-corrected chi connectivity index (χ3v) is 8.25. The van der Waals surface area contributed by atoms with Crippen molar-refractivity contribution in [3.63, 3.8) is 0 Å². The Kier molecular flexibility index (Phi) is 8.40. The number of hydrogen-bond donors (Lipinski definition) is 0. The van der Waals surface area contributed by atoms with Gasteiger partial charge in [0.05, 0.1) is 0 Å². The fourth-order valence-corrected chi connectivity index (χ4v) is 6.50. The lowest BCUT2D eigenvalue weighted by Gasteiger charge is -2.41. The molecule has 0 radical (unpaired) electrons. The van der Waals surface area contributed by atoms with Gasteiger partial charge in [-0.3, -0.25) is 0 Å². The summed E-state index contributed by atoms with van der Waals surface area (Å²) in [4.78, 5) is 0. The van der Waals surface area contributed by atoms with Crippen molar-refractivity contribution in [3.8, 4) is 0 Å². The van der Waals surface area contributed by atoms with Crippen LogP contribution in [-0.2, 0) is 0 Å². The molecule has 0 aromatic heterocycles. The van der Waals surface area contributed by atoms with Gasteiger partial charge >= 0.3 is 0 Å². The Morgan fingerprint density at radius 1 is 0.741 bits per heavy atom. The molecule has 3 fully saturated rings. The second kappa shape index (κ2) is 10.8.